The van der Waals surface area contributed by atoms with Crippen molar-refractivity contribution in [3.8, 4) is 11.1 Å². The number of aromatic nitrogens is 2. The molecule has 0 saturated heterocycles. The van der Waals surface area contributed by atoms with Crippen LogP contribution in [0.2, 0.25) is 0 Å². The van der Waals surface area contributed by atoms with Crippen LogP contribution >= 0.6 is 0 Å². The van der Waals surface area contributed by atoms with Gasteiger partial charge in [-0.2, -0.15) is 0 Å². The van der Waals surface area contributed by atoms with Crippen LogP contribution < -0.4 is 0 Å². The number of H-pyrrole nitrogens is 1. The first-order valence-electron chi connectivity index (χ1n) is 7.94. The molecule has 3 aromatic rings. The molecule has 4 rings (SSSR count). The van der Waals surface area contributed by atoms with Gasteiger partial charge < -0.3 is 4.98 Å². The van der Waals surface area contributed by atoms with Crippen molar-refractivity contribution in [2.24, 2.45) is 0 Å². The molecule has 1 aliphatic rings. The van der Waals surface area contributed by atoms with Crippen molar-refractivity contribution >= 4 is 10.9 Å². The van der Waals surface area contributed by atoms with Gasteiger partial charge in [0.2, 0.25) is 0 Å². The van der Waals surface area contributed by atoms with E-state index in [9.17, 15) is 0 Å². The highest BCUT2D eigenvalue weighted by molar-refractivity contribution is 6.01. The van der Waals surface area contributed by atoms with Crippen LogP contribution in [-0.4, -0.2) is 9.97 Å². The monoisotopic (exact) mass is 276 g/mol. The van der Waals surface area contributed by atoms with Crippen LogP contribution in [0, 0.1) is 0 Å². The van der Waals surface area contributed by atoms with Gasteiger partial charge in [-0.15, -0.1) is 0 Å². The molecular weight excluding hydrogens is 256 g/mol. The number of hydrogen-bond donors (Lipinski definition) is 1. The minimum Gasteiger partial charge on any atom is -0.358 e. The van der Waals surface area contributed by atoms with Gasteiger partial charge in [0.1, 0.15) is 0 Å². The summed E-state index contributed by atoms with van der Waals surface area (Å²) in [6, 6.07) is 8.85. The van der Waals surface area contributed by atoms with Crippen LogP contribution in [0.1, 0.15) is 36.6 Å². The van der Waals surface area contributed by atoms with Crippen LogP contribution in [0.25, 0.3) is 22.0 Å². The lowest BCUT2D eigenvalue weighted by Crippen LogP contribution is -2.03. The lowest BCUT2D eigenvalue weighted by Gasteiger charge is -2.16. The number of nitrogens with one attached hydrogen (secondary N) is 1. The maximum Gasteiger partial charge on any atom is 0.0465 e. The molecule has 1 N–H and O–H groups in total. The van der Waals surface area contributed by atoms with Crippen molar-refractivity contribution in [1.29, 1.82) is 0 Å². The molecule has 2 nitrogen and oxygen atoms in total. The van der Waals surface area contributed by atoms with E-state index >= 15 is 0 Å². The van der Waals surface area contributed by atoms with Crippen molar-refractivity contribution in [2.45, 2.75) is 39.0 Å². The van der Waals surface area contributed by atoms with E-state index in [0.29, 0.717) is 0 Å². The molecule has 0 bridgehead atoms. The molecule has 1 aliphatic carbocycles. The van der Waals surface area contributed by atoms with Gasteiger partial charge in [0.15, 0.2) is 0 Å². The Morgan fingerprint density at radius 1 is 1.19 bits per heavy atom. The Morgan fingerprint density at radius 3 is 3.05 bits per heavy atom. The molecule has 106 valence electrons. The molecule has 0 amide bonds. The fourth-order valence-electron chi connectivity index (χ4n) is 3.56. The number of fused-ring (bicyclic) bond motifs is 5. The summed E-state index contributed by atoms with van der Waals surface area (Å²) in [5.74, 6) is 0. The average Bonchev–Trinajstić information content (AvgIpc) is 2.92. The predicted molar refractivity (Wildman–Crippen MR) is 87.5 cm³/mol. The summed E-state index contributed by atoms with van der Waals surface area (Å²) in [6.07, 6.45) is 9.82. The van der Waals surface area contributed by atoms with Gasteiger partial charge >= 0.3 is 0 Å². The van der Waals surface area contributed by atoms with E-state index < -0.39 is 0 Å². The van der Waals surface area contributed by atoms with Crippen molar-refractivity contribution in [2.75, 3.05) is 0 Å². The van der Waals surface area contributed by atoms with Gasteiger partial charge in [-0.1, -0.05) is 25.5 Å². The van der Waals surface area contributed by atoms with E-state index in [1.165, 1.54) is 51.7 Å². The van der Waals surface area contributed by atoms with E-state index in [1.54, 1.807) is 0 Å². The number of hydrogen-bond acceptors (Lipinski definition) is 1. The van der Waals surface area contributed by atoms with Crippen molar-refractivity contribution in [3.63, 3.8) is 0 Å². The fourth-order valence-corrected chi connectivity index (χ4v) is 3.56. The van der Waals surface area contributed by atoms with Crippen LogP contribution in [0.3, 0.4) is 0 Å². The first kappa shape index (κ1) is 12.6. The third kappa shape index (κ3) is 1.98. The SMILES string of the molecule is CCCCc1cccc2[nH]c3c(c12)-c1cnccc1CC3. The predicted octanol–water partition coefficient (Wildman–Crippen LogP) is 4.67. The lowest BCUT2D eigenvalue weighted by atomic mass is 9.88. The molecule has 0 radical (unpaired) electrons. The first-order valence-corrected chi connectivity index (χ1v) is 7.94. The molecule has 0 unspecified atom stereocenters. The number of nitrogens with zero attached hydrogens (tertiary/aromatic N) is 1. The molecule has 0 spiro atoms. The second-order valence-electron chi connectivity index (χ2n) is 5.95. The van der Waals surface area contributed by atoms with Crippen LogP contribution in [-0.2, 0) is 19.3 Å². The van der Waals surface area contributed by atoms with E-state index in [-0.39, 0.29) is 0 Å². The topological polar surface area (TPSA) is 28.7 Å². The molecule has 2 aromatic heterocycles. The number of aryl methyl sites for hydroxylation is 3. The highest BCUT2D eigenvalue weighted by Gasteiger charge is 2.22. The van der Waals surface area contributed by atoms with Gasteiger partial charge in [0.25, 0.3) is 0 Å². The van der Waals surface area contributed by atoms with Crippen LogP contribution in [0.4, 0.5) is 0 Å². The first-order chi connectivity index (χ1) is 10.4. The lowest BCUT2D eigenvalue weighted by molar-refractivity contribution is 0.799. The van der Waals surface area contributed by atoms with Crippen molar-refractivity contribution in [3.05, 3.63) is 53.5 Å². The Hall–Kier alpha value is -2.09. The van der Waals surface area contributed by atoms with Crippen LogP contribution in [0.15, 0.2) is 36.7 Å². The van der Waals surface area contributed by atoms with E-state index in [0.717, 1.165) is 19.3 Å². The summed E-state index contributed by atoms with van der Waals surface area (Å²) in [6.45, 7) is 2.26. The summed E-state index contributed by atoms with van der Waals surface area (Å²) in [4.78, 5) is 8.01. The second-order valence-corrected chi connectivity index (χ2v) is 5.95. The van der Waals surface area contributed by atoms with E-state index in [1.807, 2.05) is 12.4 Å². The number of rotatable bonds is 3. The van der Waals surface area contributed by atoms with Gasteiger partial charge in [-0.05, 0) is 48.9 Å². The molecular formula is C19H20N2. The molecule has 2 heterocycles. The Balaban J connectivity index is 1.99. The Labute approximate surface area is 125 Å². The molecule has 0 fully saturated rings. The molecule has 2 heteroatoms. The zero-order chi connectivity index (χ0) is 14.2. The molecule has 0 atom stereocenters. The van der Waals surface area contributed by atoms with Gasteiger partial charge in [-0.3, -0.25) is 4.98 Å². The van der Waals surface area contributed by atoms with Crippen molar-refractivity contribution < 1.29 is 0 Å². The summed E-state index contributed by atoms with van der Waals surface area (Å²) in [7, 11) is 0. The fraction of sp³-hybridized carbons (Fsp3) is 0.316. The number of aromatic amines is 1. The number of pyridine rings is 1. The summed E-state index contributed by atoms with van der Waals surface area (Å²) < 4.78 is 0. The molecule has 0 aliphatic heterocycles. The standard InChI is InChI=1S/C19H20N2/c1-2-3-5-14-6-4-7-16-18(14)19-15-12-20-11-10-13(15)8-9-17(19)21-16/h4,6-7,10-12,21H,2-3,5,8-9H2,1H3. The van der Waals surface area contributed by atoms with E-state index in [2.05, 4.69) is 41.2 Å². The molecule has 21 heavy (non-hydrogen) atoms. The Kier molecular flexibility index (Phi) is 3.03. The normalized spacial score (nSPS) is 13.2. The van der Waals surface area contributed by atoms with Gasteiger partial charge in [0, 0.05) is 40.1 Å². The Morgan fingerprint density at radius 2 is 2.14 bits per heavy atom. The van der Waals surface area contributed by atoms with Gasteiger partial charge in [-0.25, -0.2) is 0 Å². The largest absolute Gasteiger partial charge is 0.358 e. The van der Waals surface area contributed by atoms with Gasteiger partial charge in [0.05, 0.1) is 0 Å². The average molecular weight is 276 g/mol. The van der Waals surface area contributed by atoms with Crippen molar-refractivity contribution in [1.82, 2.24) is 9.97 Å². The number of benzene rings is 1. The maximum atomic E-state index is 4.36. The molecule has 1 aromatic carbocycles. The number of unbranched alkanes of at least 4 members (excludes halogenated alkanes) is 1. The quantitative estimate of drug-likeness (QED) is 0.740. The smallest absolute Gasteiger partial charge is 0.0465 e. The molecule has 0 saturated carbocycles. The highest BCUT2D eigenvalue weighted by atomic mass is 14.7. The highest BCUT2D eigenvalue weighted by Crippen LogP contribution is 2.40. The third-order valence-electron chi connectivity index (χ3n) is 4.61. The maximum absolute atomic E-state index is 4.36. The summed E-state index contributed by atoms with van der Waals surface area (Å²) in [5, 5.41) is 1.43. The summed E-state index contributed by atoms with van der Waals surface area (Å²) >= 11 is 0. The minimum absolute atomic E-state index is 1.11. The zero-order valence-electron chi connectivity index (χ0n) is 12.4. The van der Waals surface area contributed by atoms with E-state index in [4.69, 9.17) is 0 Å². The summed E-state index contributed by atoms with van der Waals surface area (Å²) in [5.41, 5.74) is 8.31. The Bertz CT molecular complexity index is 798. The third-order valence-corrected chi connectivity index (χ3v) is 4.61. The zero-order valence-corrected chi connectivity index (χ0v) is 12.4. The van der Waals surface area contributed by atoms with Crippen LogP contribution in [0.5, 0.6) is 0 Å². The second kappa shape index (κ2) is 5.03. The minimum atomic E-state index is 1.11.